The van der Waals surface area contributed by atoms with Gasteiger partial charge in [0.1, 0.15) is 11.5 Å². The second-order valence-corrected chi connectivity index (χ2v) is 10.9. The Hall–Kier alpha value is -3.54. The predicted molar refractivity (Wildman–Crippen MR) is 145 cm³/mol. The van der Waals surface area contributed by atoms with Gasteiger partial charge < -0.3 is 19.7 Å². The van der Waals surface area contributed by atoms with Crippen LogP contribution in [0.5, 0.6) is 11.5 Å². The quantitative estimate of drug-likeness (QED) is 0.473. The Morgan fingerprint density at radius 2 is 1.86 bits per heavy atom. The van der Waals surface area contributed by atoms with Gasteiger partial charge in [-0.2, -0.15) is 0 Å². The monoisotopic (exact) mass is 487 g/mol. The number of rotatable bonds is 6. The first-order valence-electron chi connectivity index (χ1n) is 12.5. The van der Waals surface area contributed by atoms with Gasteiger partial charge in [0, 0.05) is 36.8 Å². The van der Waals surface area contributed by atoms with Crippen molar-refractivity contribution in [2.45, 2.75) is 46.1 Å². The van der Waals surface area contributed by atoms with Gasteiger partial charge in [-0.3, -0.25) is 9.78 Å². The van der Waals surface area contributed by atoms with Crippen LogP contribution >= 0.6 is 0 Å². The maximum absolute atomic E-state index is 13.2. The van der Waals surface area contributed by atoms with Crippen LogP contribution in [0.15, 0.2) is 60.9 Å². The summed E-state index contributed by atoms with van der Waals surface area (Å²) in [7, 11) is 3.66. The van der Waals surface area contributed by atoms with Crippen LogP contribution in [0.2, 0.25) is 0 Å². The minimum Gasteiger partial charge on any atom is -0.497 e. The lowest BCUT2D eigenvalue weighted by Gasteiger charge is -2.23. The van der Waals surface area contributed by atoms with E-state index >= 15 is 0 Å². The molecule has 2 aromatic carbocycles. The second-order valence-electron chi connectivity index (χ2n) is 10.9. The number of amides is 1. The van der Waals surface area contributed by atoms with E-state index in [2.05, 4.69) is 67.4 Å². The van der Waals surface area contributed by atoms with E-state index in [-0.39, 0.29) is 11.3 Å². The number of nitrogens with zero attached hydrogens (tertiary/aromatic N) is 2. The van der Waals surface area contributed by atoms with Gasteiger partial charge in [0.15, 0.2) is 0 Å². The SMILES string of the molecule is CN1C=CC1.COc1ccc(C)c(C(=O)NC2(c3cc(OCC(C)(C)C)cc4ncccc34)CC2)c1. The average molecular weight is 488 g/mol. The Balaban J connectivity index is 0.000000543. The number of aromatic nitrogens is 1. The van der Waals surface area contributed by atoms with E-state index < -0.39 is 5.54 Å². The molecule has 1 aliphatic carbocycles. The van der Waals surface area contributed by atoms with Gasteiger partial charge in [0.05, 0.1) is 24.8 Å². The molecule has 0 saturated heterocycles. The van der Waals surface area contributed by atoms with E-state index in [1.165, 1.54) is 0 Å². The molecule has 5 rings (SSSR count). The lowest BCUT2D eigenvalue weighted by atomic mass is 9.97. The van der Waals surface area contributed by atoms with Crippen LogP contribution in [0.4, 0.5) is 0 Å². The molecule has 36 heavy (non-hydrogen) atoms. The van der Waals surface area contributed by atoms with Crippen molar-refractivity contribution < 1.29 is 14.3 Å². The normalized spacial score (nSPS) is 15.4. The first-order valence-corrected chi connectivity index (χ1v) is 12.5. The molecule has 0 bridgehead atoms. The molecule has 0 unspecified atom stereocenters. The number of carbonyl (C=O) groups is 1. The summed E-state index contributed by atoms with van der Waals surface area (Å²) in [6.07, 6.45) is 7.74. The number of benzene rings is 2. The summed E-state index contributed by atoms with van der Waals surface area (Å²) >= 11 is 0. The summed E-state index contributed by atoms with van der Waals surface area (Å²) in [6.45, 7) is 10.1. The van der Waals surface area contributed by atoms with Crippen LogP contribution in [0.3, 0.4) is 0 Å². The number of methoxy groups -OCH3 is 1. The number of ether oxygens (including phenoxy) is 2. The summed E-state index contributed by atoms with van der Waals surface area (Å²) in [6, 6.07) is 13.6. The molecular formula is C30H37N3O3. The van der Waals surface area contributed by atoms with Gasteiger partial charge in [-0.05, 0) is 72.8 Å². The molecule has 2 aliphatic rings. The molecule has 3 aromatic rings. The third-order valence-corrected chi connectivity index (χ3v) is 6.43. The van der Waals surface area contributed by atoms with Crippen molar-refractivity contribution in [3.05, 3.63) is 77.6 Å². The number of hydrogen-bond acceptors (Lipinski definition) is 5. The molecule has 1 aromatic heterocycles. The van der Waals surface area contributed by atoms with E-state index in [0.29, 0.717) is 17.9 Å². The van der Waals surface area contributed by atoms with E-state index in [0.717, 1.165) is 47.2 Å². The van der Waals surface area contributed by atoms with Gasteiger partial charge >= 0.3 is 0 Å². The lowest BCUT2D eigenvalue weighted by Crippen LogP contribution is -2.35. The van der Waals surface area contributed by atoms with Crippen molar-refractivity contribution in [2.75, 3.05) is 27.3 Å². The molecule has 6 nitrogen and oxygen atoms in total. The van der Waals surface area contributed by atoms with Crippen molar-refractivity contribution >= 4 is 16.8 Å². The minimum absolute atomic E-state index is 0.0502. The smallest absolute Gasteiger partial charge is 0.252 e. The van der Waals surface area contributed by atoms with Crippen LogP contribution < -0.4 is 14.8 Å². The summed E-state index contributed by atoms with van der Waals surface area (Å²) in [5.74, 6) is 1.37. The Kier molecular flexibility index (Phi) is 7.25. The fourth-order valence-electron chi connectivity index (χ4n) is 4.10. The van der Waals surface area contributed by atoms with E-state index in [1.54, 1.807) is 19.4 Å². The average Bonchev–Trinajstić information content (AvgIpc) is 3.61. The van der Waals surface area contributed by atoms with Crippen LogP contribution in [-0.4, -0.2) is 43.1 Å². The summed E-state index contributed by atoms with van der Waals surface area (Å²) in [5, 5.41) is 4.35. The molecule has 0 atom stereocenters. The number of likely N-dealkylation sites (N-methyl/N-ethyl adjacent to an activating group) is 1. The molecule has 1 amide bonds. The molecule has 1 N–H and O–H groups in total. The number of aryl methyl sites for hydroxylation is 1. The van der Waals surface area contributed by atoms with Gasteiger partial charge in [-0.25, -0.2) is 0 Å². The number of pyridine rings is 1. The minimum atomic E-state index is -0.408. The zero-order valence-corrected chi connectivity index (χ0v) is 22.2. The molecule has 0 radical (unpaired) electrons. The fourth-order valence-corrected chi connectivity index (χ4v) is 4.10. The van der Waals surface area contributed by atoms with Crippen LogP contribution in [0.1, 0.15) is 55.1 Å². The van der Waals surface area contributed by atoms with Crippen LogP contribution in [0.25, 0.3) is 10.9 Å². The number of fused-ring (bicyclic) bond motifs is 1. The highest BCUT2D eigenvalue weighted by Gasteiger charge is 2.47. The van der Waals surface area contributed by atoms with E-state index in [1.807, 2.05) is 31.2 Å². The first kappa shape index (κ1) is 25.5. The predicted octanol–water partition coefficient (Wildman–Crippen LogP) is 5.84. The van der Waals surface area contributed by atoms with Crippen molar-refractivity contribution in [1.29, 1.82) is 0 Å². The molecule has 1 fully saturated rings. The second kappa shape index (κ2) is 10.2. The fraction of sp³-hybridized carbons (Fsp3) is 0.400. The number of carbonyl (C=O) groups excluding carboxylic acids is 1. The Bertz CT molecular complexity index is 1270. The molecule has 1 aliphatic heterocycles. The van der Waals surface area contributed by atoms with Crippen molar-refractivity contribution in [3.63, 3.8) is 0 Å². The van der Waals surface area contributed by atoms with Gasteiger partial charge in [-0.15, -0.1) is 0 Å². The third kappa shape index (κ3) is 5.99. The Labute approximate surface area is 214 Å². The van der Waals surface area contributed by atoms with Gasteiger partial charge in [0.25, 0.3) is 5.91 Å². The highest BCUT2D eigenvalue weighted by atomic mass is 16.5. The van der Waals surface area contributed by atoms with Crippen molar-refractivity contribution in [3.8, 4) is 11.5 Å². The number of nitrogens with one attached hydrogen (secondary N) is 1. The summed E-state index contributed by atoms with van der Waals surface area (Å²) in [5.41, 5.74) is 3.14. The van der Waals surface area contributed by atoms with Crippen LogP contribution in [-0.2, 0) is 5.54 Å². The topological polar surface area (TPSA) is 63.7 Å². The molecule has 6 heteroatoms. The maximum atomic E-state index is 13.2. The standard InChI is InChI=1S/C26H30N2O3.C4H7N/c1-17-8-9-18(30-5)13-21(17)24(29)28-26(10-11-26)22-14-19(31-16-25(2,3)4)15-23-20(22)7-6-12-27-23;1-5-3-2-4-5/h6-9,12-15H,10-11,16H2,1-5H3,(H,28,29);2-3H,4H2,1H3. The van der Waals surface area contributed by atoms with Crippen molar-refractivity contribution in [2.24, 2.45) is 5.41 Å². The first-order chi connectivity index (χ1) is 17.1. The largest absolute Gasteiger partial charge is 0.497 e. The molecule has 190 valence electrons. The molecule has 1 saturated carbocycles. The van der Waals surface area contributed by atoms with E-state index in [9.17, 15) is 4.79 Å². The molecule has 2 heterocycles. The highest BCUT2D eigenvalue weighted by molar-refractivity contribution is 5.97. The third-order valence-electron chi connectivity index (χ3n) is 6.43. The Morgan fingerprint density at radius 3 is 2.44 bits per heavy atom. The van der Waals surface area contributed by atoms with E-state index in [4.69, 9.17) is 9.47 Å². The summed E-state index contributed by atoms with van der Waals surface area (Å²) < 4.78 is 11.4. The van der Waals surface area contributed by atoms with Gasteiger partial charge in [-0.1, -0.05) is 32.9 Å². The zero-order valence-electron chi connectivity index (χ0n) is 22.2. The van der Waals surface area contributed by atoms with Gasteiger partial charge in [0.2, 0.25) is 0 Å². The molecule has 0 spiro atoms. The van der Waals surface area contributed by atoms with Crippen LogP contribution in [0, 0.1) is 12.3 Å². The highest BCUT2D eigenvalue weighted by Crippen LogP contribution is 2.49. The zero-order chi connectivity index (χ0) is 25.9. The number of hydrogen-bond donors (Lipinski definition) is 1. The Morgan fingerprint density at radius 1 is 1.14 bits per heavy atom. The lowest BCUT2D eigenvalue weighted by molar-refractivity contribution is 0.0930. The summed E-state index contributed by atoms with van der Waals surface area (Å²) in [4.78, 5) is 19.9. The van der Waals surface area contributed by atoms with Crippen molar-refractivity contribution in [1.82, 2.24) is 15.2 Å². The maximum Gasteiger partial charge on any atom is 0.252 e. The molecular weight excluding hydrogens is 450 g/mol.